The molecular formula is C15H13BrF2O2. The SMILES string of the molecule is CCOc1ccccc1OCc1c(F)ccc(Br)c1F. The van der Waals surface area contributed by atoms with E-state index in [9.17, 15) is 8.78 Å². The molecule has 0 N–H and O–H groups in total. The van der Waals surface area contributed by atoms with Gasteiger partial charge in [-0.05, 0) is 47.1 Å². The molecular weight excluding hydrogens is 330 g/mol. The van der Waals surface area contributed by atoms with Crippen molar-refractivity contribution in [3.63, 3.8) is 0 Å². The highest BCUT2D eigenvalue weighted by molar-refractivity contribution is 9.10. The summed E-state index contributed by atoms with van der Waals surface area (Å²) in [6.07, 6.45) is 0. The van der Waals surface area contributed by atoms with Crippen LogP contribution < -0.4 is 9.47 Å². The lowest BCUT2D eigenvalue weighted by Gasteiger charge is -2.12. The van der Waals surface area contributed by atoms with Gasteiger partial charge in [0.05, 0.1) is 16.6 Å². The smallest absolute Gasteiger partial charge is 0.161 e. The zero-order valence-corrected chi connectivity index (χ0v) is 12.4. The van der Waals surface area contributed by atoms with Crippen molar-refractivity contribution in [3.8, 4) is 11.5 Å². The van der Waals surface area contributed by atoms with Gasteiger partial charge in [-0.15, -0.1) is 0 Å². The summed E-state index contributed by atoms with van der Waals surface area (Å²) in [4.78, 5) is 0. The first-order valence-corrected chi connectivity index (χ1v) is 6.89. The van der Waals surface area contributed by atoms with Crippen LogP contribution in [-0.2, 0) is 6.61 Å². The summed E-state index contributed by atoms with van der Waals surface area (Å²) in [6, 6.07) is 9.53. The number of benzene rings is 2. The van der Waals surface area contributed by atoms with E-state index in [1.807, 2.05) is 6.92 Å². The zero-order valence-electron chi connectivity index (χ0n) is 10.8. The van der Waals surface area contributed by atoms with Crippen molar-refractivity contribution in [1.29, 1.82) is 0 Å². The largest absolute Gasteiger partial charge is 0.490 e. The molecule has 0 spiro atoms. The van der Waals surface area contributed by atoms with Crippen molar-refractivity contribution < 1.29 is 18.3 Å². The molecule has 0 aliphatic carbocycles. The average molecular weight is 343 g/mol. The molecule has 0 atom stereocenters. The van der Waals surface area contributed by atoms with Gasteiger partial charge in [-0.3, -0.25) is 0 Å². The molecule has 2 nitrogen and oxygen atoms in total. The molecule has 0 radical (unpaired) electrons. The van der Waals surface area contributed by atoms with Gasteiger partial charge >= 0.3 is 0 Å². The number of rotatable bonds is 5. The first-order chi connectivity index (χ1) is 9.63. The Hall–Kier alpha value is -1.62. The summed E-state index contributed by atoms with van der Waals surface area (Å²) in [7, 11) is 0. The van der Waals surface area contributed by atoms with Crippen molar-refractivity contribution in [3.05, 3.63) is 58.1 Å². The predicted molar refractivity (Wildman–Crippen MR) is 76.0 cm³/mol. The molecule has 0 aliphatic heterocycles. The number of ether oxygens (including phenoxy) is 2. The molecule has 2 aromatic carbocycles. The Kier molecular flexibility index (Phi) is 4.95. The average Bonchev–Trinajstić information content (AvgIpc) is 2.45. The lowest BCUT2D eigenvalue weighted by molar-refractivity contribution is 0.261. The van der Waals surface area contributed by atoms with E-state index < -0.39 is 11.6 Å². The van der Waals surface area contributed by atoms with Gasteiger partial charge in [0.1, 0.15) is 18.2 Å². The third kappa shape index (κ3) is 3.28. The van der Waals surface area contributed by atoms with Gasteiger partial charge in [0.25, 0.3) is 0 Å². The fraction of sp³-hybridized carbons (Fsp3) is 0.200. The van der Waals surface area contributed by atoms with E-state index in [0.29, 0.717) is 18.1 Å². The Balaban J connectivity index is 2.19. The van der Waals surface area contributed by atoms with E-state index in [0.717, 1.165) is 0 Å². The van der Waals surface area contributed by atoms with Crippen molar-refractivity contribution in [2.45, 2.75) is 13.5 Å². The van der Waals surface area contributed by atoms with Crippen LogP contribution in [0.4, 0.5) is 8.78 Å². The number of halogens is 3. The van der Waals surface area contributed by atoms with Gasteiger partial charge in [-0.1, -0.05) is 12.1 Å². The number of hydrogen-bond donors (Lipinski definition) is 0. The Labute approximate surface area is 124 Å². The molecule has 0 saturated heterocycles. The zero-order chi connectivity index (χ0) is 14.5. The molecule has 0 heterocycles. The van der Waals surface area contributed by atoms with E-state index in [2.05, 4.69) is 15.9 Å². The van der Waals surface area contributed by atoms with Crippen LogP contribution in [0.5, 0.6) is 11.5 Å². The van der Waals surface area contributed by atoms with Crippen molar-refractivity contribution in [2.24, 2.45) is 0 Å². The van der Waals surface area contributed by atoms with Crippen LogP contribution >= 0.6 is 15.9 Å². The van der Waals surface area contributed by atoms with Gasteiger partial charge in [0.15, 0.2) is 11.5 Å². The number of hydrogen-bond acceptors (Lipinski definition) is 2. The van der Waals surface area contributed by atoms with Crippen LogP contribution in [-0.4, -0.2) is 6.61 Å². The first kappa shape index (κ1) is 14.8. The highest BCUT2D eigenvalue weighted by Gasteiger charge is 2.14. The van der Waals surface area contributed by atoms with Crippen LogP contribution in [0.25, 0.3) is 0 Å². The van der Waals surface area contributed by atoms with Gasteiger partial charge in [-0.2, -0.15) is 0 Å². The second-order valence-corrected chi connectivity index (χ2v) is 4.84. The Bertz CT molecular complexity index is 602. The van der Waals surface area contributed by atoms with E-state index in [1.54, 1.807) is 24.3 Å². The summed E-state index contributed by atoms with van der Waals surface area (Å²) in [5.41, 5.74) is -0.120. The highest BCUT2D eigenvalue weighted by atomic mass is 79.9. The molecule has 0 unspecified atom stereocenters. The minimum atomic E-state index is -0.654. The van der Waals surface area contributed by atoms with Gasteiger partial charge in [-0.25, -0.2) is 8.78 Å². The maximum absolute atomic E-state index is 13.8. The second kappa shape index (κ2) is 6.70. The van der Waals surface area contributed by atoms with E-state index >= 15 is 0 Å². The Morgan fingerprint density at radius 2 is 1.65 bits per heavy atom. The topological polar surface area (TPSA) is 18.5 Å². The molecule has 106 valence electrons. The minimum absolute atomic E-state index is 0.120. The Morgan fingerprint density at radius 1 is 1.00 bits per heavy atom. The normalized spacial score (nSPS) is 10.4. The summed E-state index contributed by atoms with van der Waals surface area (Å²) in [6.45, 7) is 2.13. The second-order valence-electron chi connectivity index (χ2n) is 3.99. The van der Waals surface area contributed by atoms with Crippen LogP contribution in [0.15, 0.2) is 40.9 Å². The standard InChI is InChI=1S/C15H13BrF2O2/c1-2-19-13-5-3-4-6-14(13)20-9-10-12(17)8-7-11(16)15(10)18/h3-8H,2,9H2,1H3. The van der Waals surface area contributed by atoms with Crippen LogP contribution in [0.1, 0.15) is 12.5 Å². The van der Waals surface area contributed by atoms with Crippen molar-refractivity contribution in [2.75, 3.05) is 6.61 Å². The maximum atomic E-state index is 13.8. The maximum Gasteiger partial charge on any atom is 0.161 e. The fourth-order valence-corrected chi connectivity index (χ4v) is 2.07. The quantitative estimate of drug-likeness (QED) is 0.733. The molecule has 0 amide bonds. The van der Waals surface area contributed by atoms with Gasteiger partial charge < -0.3 is 9.47 Å². The lowest BCUT2D eigenvalue weighted by atomic mass is 10.2. The van der Waals surface area contributed by atoms with Crippen LogP contribution in [0.3, 0.4) is 0 Å². The predicted octanol–water partition coefficient (Wildman–Crippen LogP) is 4.71. The molecule has 0 saturated carbocycles. The monoisotopic (exact) mass is 342 g/mol. The third-order valence-corrected chi connectivity index (χ3v) is 3.27. The van der Waals surface area contributed by atoms with Gasteiger partial charge in [0.2, 0.25) is 0 Å². The molecule has 0 aliphatic rings. The fourth-order valence-electron chi connectivity index (χ4n) is 1.70. The van der Waals surface area contributed by atoms with E-state index in [-0.39, 0.29) is 16.6 Å². The van der Waals surface area contributed by atoms with Gasteiger partial charge in [0, 0.05) is 0 Å². The molecule has 2 aromatic rings. The summed E-state index contributed by atoms with van der Waals surface area (Å²) >= 11 is 3.02. The molecule has 0 fully saturated rings. The highest BCUT2D eigenvalue weighted by Crippen LogP contribution is 2.29. The Morgan fingerprint density at radius 3 is 2.30 bits per heavy atom. The minimum Gasteiger partial charge on any atom is -0.490 e. The van der Waals surface area contributed by atoms with Crippen molar-refractivity contribution >= 4 is 15.9 Å². The summed E-state index contributed by atoms with van der Waals surface area (Å²) in [5.74, 6) is -0.294. The molecule has 0 aromatic heterocycles. The molecule has 0 bridgehead atoms. The molecule has 20 heavy (non-hydrogen) atoms. The summed E-state index contributed by atoms with van der Waals surface area (Å²) < 4.78 is 38.5. The van der Waals surface area contributed by atoms with Crippen LogP contribution in [0.2, 0.25) is 0 Å². The number of para-hydroxylation sites is 2. The van der Waals surface area contributed by atoms with Crippen LogP contribution in [0, 0.1) is 11.6 Å². The molecule has 5 heteroatoms. The lowest BCUT2D eigenvalue weighted by Crippen LogP contribution is -2.04. The summed E-state index contributed by atoms with van der Waals surface area (Å²) in [5, 5.41) is 0. The first-order valence-electron chi connectivity index (χ1n) is 6.10. The van der Waals surface area contributed by atoms with E-state index in [4.69, 9.17) is 9.47 Å². The van der Waals surface area contributed by atoms with E-state index in [1.165, 1.54) is 12.1 Å². The third-order valence-electron chi connectivity index (χ3n) is 2.66. The molecule has 2 rings (SSSR count). The van der Waals surface area contributed by atoms with Crippen molar-refractivity contribution in [1.82, 2.24) is 0 Å².